The molecule has 0 spiro atoms. The summed E-state index contributed by atoms with van der Waals surface area (Å²) in [6, 6.07) is 2.17. The normalized spacial score (nSPS) is 17.7. The van der Waals surface area contributed by atoms with Crippen LogP contribution in [-0.2, 0) is 16.8 Å². The van der Waals surface area contributed by atoms with Gasteiger partial charge < -0.3 is 4.90 Å². The van der Waals surface area contributed by atoms with Crippen molar-refractivity contribution in [1.82, 2.24) is 19.6 Å². The van der Waals surface area contributed by atoms with Crippen LogP contribution in [0.25, 0.3) is 0 Å². The minimum absolute atomic E-state index is 0.0128. The monoisotopic (exact) mass is 316 g/mol. The standard InChI is InChI=1S/C18H28N4O/c1-7-18(3,4)16-13-15-14(2)21(11-12-22(15)19-16)17(23)9-8-10-20(5)6/h13-14H,7,10-12H2,1-6H3. The Kier molecular flexibility index (Phi) is 5.16. The molecule has 1 aromatic heterocycles. The van der Waals surface area contributed by atoms with Crippen molar-refractivity contribution in [3.8, 4) is 11.8 Å². The van der Waals surface area contributed by atoms with E-state index >= 15 is 0 Å². The topological polar surface area (TPSA) is 41.4 Å². The summed E-state index contributed by atoms with van der Waals surface area (Å²) in [7, 11) is 3.89. The fourth-order valence-electron chi connectivity index (χ4n) is 2.64. The van der Waals surface area contributed by atoms with Crippen LogP contribution < -0.4 is 0 Å². The largest absolute Gasteiger partial charge is 0.322 e. The van der Waals surface area contributed by atoms with Gasteiger partial charge in [-0.3, -0.25) is 14.4 Å². The predicted octanol–water partition coefficient (Wildman–Crippen LogP) is 2.04. The third-order valence-electron chi connectivity index (χ3n) is 4.69. The van der Waals surface area contributed by atoms with E-state index in [1.165, 1.54) is 0 Å². The quantitative estimate of drug-likeness (QED) is 0.801. The van der Waals surface area contributed by atoms with Gasteiger partial charge in [-0.05, 0) is 39.4 Å². The van der Waals surface area contributed by atoms with E-state index in [9.17, 15) is 4.79 Å². The molecule has 1 unspecified atom stereocenters. The molecule has 0 saturated carbocycles. The molecule has 5 heteroatoms. The van der Waals surface area contributed by atoms with Gasteiger partial charge in [0.25, 0.3) is 5.91 Å². The van der Waals surface area contributed by atoms with Crippen molar-refractivity contribution in [2.75, 3.05) is 27.2 Å². The van der Waals surface area contributed by atoms with E-state index in [1.807, 2.05) is 23.9 Å². The Bertz CT molecular complexity index is 633. The zero-order chi connectivity index (χ0) is 17.2. The first-order chi connectivity index (χ1) is 10.8. The second kappa shape index (κ2) is 6.76. The highest BCUT2D eigenvalue weighted by Crippen LogP contribution is 2.31. The van der Waals surface area contributed by atoms with Crippen LogP contribution in [-0.4, -0.2) is 52.7 Å². The fourth-order valence-corrected chi connectivity index (χ4v) is 2.64. The summed E-state index contributed by atoms with van der Waals surface area (Å²) in [5.41, 5.74) is 2.27. The van der Waals surface area contributed by atoms with Crippen LogP contribution in [0, 0.1) is 11.8 Å². The van der Waals surface area contributed by atoms with Gasteiger partial charge in [-0.15, -0.1) is 0 Å². The lowest BCUT2D eigenvalue weighted by molar-refractivity contribution is -0.128. The average molecular weight is 316 g/mol. The van der Waals surface area contributed by atoms with E-state index < -0.39 is 0 Å². The summed E-state index contributed by atoms with van der Waals surface area (Å²) in [6.45, 7) is 10.7. The van der Waals surface area contributed by atoms with E-state index in [1.54, 1.807) is 0 Å². The Hall–Kier alpha value is -1.80. The smallest absolute Gasteiger partial charge is 0.299 e. The molecule has 1 aromatic rings. The van der Waals surface area contributed by atoms with Crippen molar-refractivity contribution in [1.29, 1.82) is 0 Å². The summed E-state index contributed by atoms with van der Waals surface area (Å²) >= 11 is 0. The van der Waals surface area contributed by atoms with Crippen LogP contribution in [0.4, 0.5) is 0 Å². The molecule has 0 radical (unpaired) electrons. The highest BCUT2D eigenvalue weighted by atomic mass is 16.2. The molecule has 2 heterocycles. The molecule has 5 nitrogen and oxygen atoms in total. The van der Waals surface area contributed by atoms with Crippen LogP contribution in [0.15, 0.2) is 6.07 Å². The molecule has 1 aliphatic heterocycles. The summed E-state index contributed by atoms with van der Waals surface area (Å²) in [5.74, 6) is 5.59. The molecule has 0 saturated heterocycles. The summed E-state index contributed by atoms with van der Waals surface area (Å²) in [6.07, 6.45) is 1.04. The first-order valence-corrected chi connectivity index (χ1v) is 8.28. The molecule has 1 amide bonds. The third kappa shape index (κ3) is 3.76. The summed E-state index contributed by atoms with van der Waals surface area (Å²) in [4.78, 5) is 16.2. The van der Waals surface area contributed by atoms with Gasteiger partial charge in [-0.25, -0.2) is 0 Å². The van der Waals surface area contributed by atoms with Crippen LogP contribution in [0.2, 0.25) is 0 Å². The Balaban J connectivity index is 2.18. The van der Waals surface area contributed by atoms with Gasteiger partial charge in [0.1, 0.15) is 0 Å². The Labute approximate surface area is 139 Å². The molecule has 0 aromatic carbocycles. The van der Waals surface area contributed by atoms with Gasteiger partial charge in [0.15, 0.2) is 0 Å². The van der Waals surface area contributed by atoms with Gasteiger partial charge in [0.05, 0.1) is 30.5 Å². The average Bonchev–Trinajstić information content (AvgIpc) is 2.93. The Morgan fingerprint density at radius 1 is 1.43 bits per heavy atom. The molecule has 1 aliphatic rings. The first-order valence-electron chi connectivity index (χ1n) is 8.28. The number of carbonyl (C=O) groups is 1. The van der Waals surface area contributed by atoms with Gasteiger partial charge in [0.2, 0.25) is 0 Å². The Morgan fingerprint density at radius 3 is 2.74 bits per heavy atom. The van der Waals surface area contributed by atoms with Crippen molar-refractivity contribution >= 4 is 5.91 Å². The van der Waals surface area contributed by atoms with E-state index in [4.69, 9.17) is 5.10 Å². The molecule has 0 aliphatic carbocycles. The molecule has 2 rings (SSSR count). The highest BCUT2D eigenvalue weighted by molar-refractivity contribution is 5.93. The number of amides is 1. The number of hydrogen-bond donors (Lipinski definition) is 0. The molecule has 0 N–H and O–H groups in total. The highest BCUT2D eigenvalue weighted by Gasteiger charge is 2.31. The number of fused-ring (bicyclic) bond motifs is 1. The molecule has 0 bridgehead atoms. The number of carbonyl (C=O) groups excluding carboxylic acids is 1. The minimum Gasteiger partial charge on any atom is -0.322 e. The van der Waals surface area contributed by atoms with Gasteiger partial charge >= 0.3 is 0 Å². The van der Waals surface area contributed by atoms with Gasteiger partial charge in [0, 0.05) is 12.0 Å². The lowest BCUT2D eigenvalue weighted by atomic mass is 9.86. The van der Waals surface area contributed by atoms with Crippen molar-refractivity contribution in [2.45, 2.75) is 52.1 Å². The summed E-state index contributed by atoms with van der Waals surface area (Å²) < 4.78 is 2.05. The van der Waals surface area contributed by atoms with Crippen LogP contribution in [0.1, 0.15) is 51.5 Å². The molecular formula is C18H28N4O. The van der Waals surface area contributed by atoms with Crippen LogP contribution in [0.5, 0.6) is 0 Å². The van der Waals surface area contributed by atoms with Gasteiger partial charge in [-0.2, -0.15) is 5.10 Å². The molecular weight excluding hydrogens is 288 g/mol. The lowest BCUT2D eigenvalue weighted by Gasteiger charge is -2.32. The van der Waals surface area contributed by atoms with Crippen LogP contribution >= 0.6 is 0 Å². The second-order valence-electron chi connectivity index (χ2n) is 7.13. The first kappa shape index (κ1) is 17.6. The molecule has 0 fully saturated rings. The van der Waals surface area contributed by atoms with E-state index in [0.29, 0.717) is 13.1 Å². The second-order valence-corrected chi connectivity index (χ2v) is 7.13. The van der Waals surface area contributed by atoms with E-state index in [0.717, 1.165) is 24.4 Å². The Morgan fingerprint density at radius 2 is 2.13 bits per heavy atom. The zero-order valence-corrected chi connectivity index (χ0v) is 15.2. The SMILES string of the molecule is CCC(C)(C)c1cc2n(n1)CCN(C(=O)C#CCN(C)C)C2C. The summed E-state index contributed by atoms with van der Waals surface area (Å²) in [5, 5.41) is 4.76. The molecule has 23 heavy (non-hydrogen) atoms. The van der Waals surface area contributed by atoms with Crippen molar-refractivity contribution in [2.24, 2.45) is 0 Å². The molecule has 126 valence electrons. The lowest BCUT2D eigenvalue weighted by Crippen LogP contribution is -2.40. The van der Waals surface area contributed by atoms with Crippen LogP contribution in [0.3, 0.4) is 0 Å². The number of hydrogen-bond acceptors (Lipinski definition) is 3. The zero-order valence-electron chi connectivity index (χ0n) is 15.2. The number of nitrogens with zero attached hydrogens (tertiary/aromatic N) is 4. The van der Waals surface area contributed by atoms with E-state index in [2.05, 4.69) is 50.3 Å². The van der Waals surface area contributed by atoms with Gasteiger partial charge in [-0.1, -0.05) is 26.7 Å². The minimum atomic E-state index is -0.0944. The molecule has 1 atom stereocenters. The number of aromatic nitrogens is 2. The maximum absolute atomic E-state index is 12.4. The number of rotatable bonds is 3. The predicted molar refractivity (Wildman–Crippen MR) is 92.0 cm³/mol. The van der Waals surface area contributed by atoms with Crippen molar-refractivity contribution < 1.29 is 4.79 Å². The maximum atomic E-state index is 12.4. The maximum Gasteiger partial charge on any atom is 0.299 e. The van der Waals surface area contributed by atoms with E-state index in [-0.39, 0.29) is 17.4 Å². The fraction of sp³-hybridized carbons (Fsp3) is 0.667. The third-order valence-corrected chi connectivity index (χ3v) is 4.69. The van der Waals surface area contributed by atoms with Crippen molar-refractivity contribution in [3.05, 3.63) is 17.5 Å². The van der Waals surface area contributed by atoms with Crippen molar-refractivity contribution in [3.63, 3.8) is 0 Å².